The monoisotopic (exact) mass is 169 g/mol. The topological polar surface area (TPSA) is 61.5 Å². The van der Waals surface area contributed by atoms with E-state index in [1.807, 2.05) is 0 Å². The molecule has 0 unspecified atom stereocenters. The van der Waals surface area contributed by atoms with Crippen molar-refractivity contribution in [3.8, 4) is 0 Å². The SMILES string of the molecule is O=c1[nH]cnc2[nH]cc(Cl)c12. The van der Waals surface area contributed by atoms with Crippen molar-refractivity contribution >= 4 is 22.6 Å². The molecule has 0 atom stereocenters. The average molecular weight is 170 g/mol. The van der Waals surface area contributed by atoms with E-state index in [1.165, 1.54) is 12.5 Å². The van der Waals surface area contributed by atoms with Crippen LogP contribution in [-0.4, -0.2) is 15.0 Å². The number of H-pyrrole nitrogens is 2. The first kappa shape index (κ1) is 6.42. The van der Waals surface area contributed by atoms with E-state index in [0.717, 1.165) is 0 Å². The largest absolute Gasteiger partial charge is 0.344 e. The van der Waals surface area contributed by atoms with Crippen molar-refractivity contribution in [2.45, 2.75) is 0 Å². The first-order valence-corrected chi connectivity index (χ1v) is 3.37. The zero-order valence-electron chi connectivity index (χ0n) is 5.39. The number of hydrogen-bond acceptors (Lipinski definition) is 2. The number of rotatable bonds is 0. The molecule has 2 N–H and O–H groups in total. The third-order valence-electron chi connectivity index (χ3n) is 1.43. The van der Waals surface area contributed by atoms with Crippen molar-refractivity contribution in [1.82, 2.24) is 15.0 Å². The van der Waals surface area contributed by atoms with Crippen LogP contribution in [0.3, 0.4) is 0 Å². The molecule has 0 saturated heterocycles. The van der Waals surface area contributed by atoms with Crippen LogP contribution in [0.15, 0.2) is 17.3 Å². The summed E-state index contributed by atoms with van der Waals surface area (Å²) in [4.78, 5) is 20.1. The lowest BCUT2D eigenvalue weighted by atomic mass is 10.4. The fraction of sp³-hybridized carbons (Fsp3) is 0. The van der Waals surface area contributed by atoms with E-state index in [9.17, 15) is 4.79 Å². The molecule has 0 aliphatic heterocycles. The van der Waals surface area contributed by atoms with Gasteiger partial charge in [-0.3, -0.25) is 4.79 Å². The number of hydrogen-bond donors (Lipinski definition) is 2. The summed E-state index contributed by atoms with van der Waals surface area (Å²) in [5.74, 6) is 0. The molecule has 2 aromatic rings. The van der Waals surface area contributed by atoms with Gasteiger partial charge < -0.3 is 9.97 Å². The molecule has 0 saturated carbocycles. The van der Waals surface area contributed by atoms with Crippen molar-refractivity contribution in [3.05, 3.63) is 27.9 Å². The smallest absolute Gasteiger partial charge is 0.261 e. The maximum Gasteiger partial charge on any atom is 0.261 e. The Balaban J connectivity index is 3.08. The Hall–Kier alpha value is -1.29. The number of aromatic nitrogens is 3. The summed E-state index contributed by atoms with van der Waals surface area (Å²) in [6.07, 6.45) is 2.87. The van der Waals surface area contributed by atoms with Gasteiger partial charge in [0, 0.05) is 6.20 Å². The Morgan fingerprint density at radius 1 is 1.45 bits per heavy atom. The molecule has 11 heavy (non-hydrogen) atoms. The highest BCUT2D eigenvalue weighted by molar-refractivity contribution is 6.35. The zero-order valence-corrected chi connectivity index (χ0v) is 6.14. The maximum atomic E-state index is 11.1. The van der Waals surface area contributed by atoms with Crippen LogP contribution in [-0.2, 0) is 0 Å². The average Bonchev–Trinajstić information content (AvgIpc) is 2.34. The molecule has 56 valence electrons. The molecule has 2 aromatic heterocycles. The first-order valence-electron chi connectivity index (χ1n) is 2.99. The highest BCUT2D eigenvalue weighted by Crippen LogP contribution is 2.15. The van der Waals surface area contributed by atoms with Crippen molar-refractivity contribution in [1.29, 1.82) is 0 Å². The van der Waals surface area contributed by atoms with Crippen molar-refractivity contribution in [2.75, 3.05) is 0 Å². The Morgan fingerprint density at radius 3 is 3.00 bits per heavy atom. The van der Waals surface area contributed by atoms with Gasteiger partial charge in [-0.1, -0.05) is 11.6 Å². The van der Waals surface area contributed by atoms with E-state index in [0.29, 0.717) is 16.1 Å². The third kappa shape index (κ3) is 0.832. The number of aromatic amines is 2. The quantitative estimate of drug-likeness (QED) is 0.616. The number of nitrogens with one attached hydrogen (secondary N) is 2. The number of halogens is 1. The summed E-state index contributed by atoms with van der Waals surface area (Å²) in [5.41, 5.74) is 0.292. The summed E-state index contributed by atoms with van der Waals surface area (Å²) in [6.45, 7) is 0. The molecular formula is C6H4ClN3O. The minimum Gasteiger partial charge on any atom is -0.344 e. The minimum atomic E-state index is -0.221. The van der Waals surface area contributed by atoms with Crippen molar-refractivity contribution in [3.63, 3.8) is 0 Å². The van der Waals surface area contributed by atoms with E-state index in [4.69, 9.17) is 11.6 Å². The molecule has 0 aliphatic rings. The molecule has 5 heteroatoms. The van der Waals surface area contributed by atoms with E-state index in [1.54, 1.807) is 0 Å². The Morgan fingerprint density at radius 2 is 2.27 bits per heavy atom. The van der Waals surface area contributed by atoms with Crippen LogP contribution in [0.1, 0.15) is 0 Å². The molecule has 2 heterocycles. The second-order valence-electron chi connectivity index (χ2n) is 2.09. The van der Waals surface area contributed by atoms with Gasteiger partial charge in [-0.15, -0.1) is 0 Å². The molecule has 0 radical (unpaired) electrons. The fourth-order valence-corrected chi connectivity index (χ4v) is 1.16. The van der Waals surface area contributed by atoms with Crippen LogP contribution in [0.5, 0.6) is 0 Å². The van der Waals surface area contributed by atoms with Gasteiger partial charge in [-0.05, 0) is 0 Å². The predicted molar refractivity (Wildman–Crippen MR) is 41.7 cm³/mol. The lowest BCUT2D eigenvalue weighted by molar-refractivity contribution is 1.16. The summed E-state index contributed by atoms with van der Waals surface area (Å²) in [7, 11) is 0. The molecule has 4 nitrogen and oxygen atoms in total. The highest BCUT2D eigenvalue weighted by atomic mass is 35.5. The van der Waals surface area contributed by atoms with Gasteiger partial charge in [-0.25, -0.2) is 4.98 Å². The molecule has 0 fully saturated rings. The lowest BCUT2D eigenvalue weighted by Crippen LogP contribution is -2.04. The lowest BCUT2D eigenvalue weighted by Gasteiger charge is -1.85. The minimum absolute atomic E-state index is 0.221. The fourth-order valence-electron chi connectivity index (χ4n) is 0.935. The van der Waals surface area contributed by atoms with Crippen LogP contribution in [0, 0.1) is 0 Å². The van der Waals surface area contributed by atoms with Gasteiger partial charge in [0.05, 0.1) is 11.3 Å². The van der Waals surface area contributed by atoms with Crippen molar-refractivity contribution < 1.29 is 0 Å². The van der Waals surface area contributed by atoms with E-state index in [-0.39, 0.29) is 5.56 Å². The first-order chi connectivity index (χ1) is 5.29. The third-order valence-corrected chi connectivity index (χ3v) is 1.73. The van der Waals surface area contributed by atoms with Crippen molar-refractivity contribution in [2.24, 2.45) is 0 Å². The Labute approximate surface area is 66.2 Å². The van der Waals surface area contributed by atoms with Gasteiger partial charge >= 0.3 is 0 Å². The van der Waals surface area contributed by atoms with Gasteiger partial charge in [-0.2, -0.15) is 0 Å². The molecule has 0 aromatic carbocycles. The summed E-state index contributed by atoms with van der Waals surface area (Å²) < 4.78 is 0. The molecule has 0 amide bonds. The number of nitrogens with zero attached hydrogens (tertiary/aromatic N) is 1. The molecular weight excluding hydrogens is 166 g/mol. The molecule has 0 aliphatic carbocycles. The van der Waals surface area contributed by atoms with Gasteiger partial charge in [0.25, 0.3) is 5.56 Å². The normalized spacial score (nSPS) is 10.6. The summed E-state index contributed by atoms with van der Waals surface area (Å²) in [6, 6.07) is 0. The Kier molecular flexibility index (Phi) is 1.22. The molecule has 0 bridgehead atoms. The second-order valence-corrected chi connectivity index (χ2v) is 2.50. The van der Waals surface area contributed by atoms with Crippen LogP contribution in [0.2, 0.25) is 5.02 Å². The summed E-state index contributed by atoms with van der Waals surface area (Å²) >= 11 is 5.69. The van der Waals surface area contributed by atoms with Crippen LogP contribution in [0.25, 0.3) is 11.0 Å². The maximum absolute atomic E-state index is 11.1. The van der Waals surface area contributed by atoms with Crippen LogP contribution in [0.4, 0.5) is 0 Å². The summed E-state index contributed by atoms with van der Waals surface area (Å²) in [5, 5.41) is 0.809. The Bertz CT molecular complexity index is 444. The molecule has 0 spiro atoms. The van der Waals surface area contributed by atoms with E-state index >= 15 is 0 Å². The van der Waals surface area contributed by atoms with Crippen LogP contribution < -0.4 is 5.56 Å². The van der Waals surface area contributed by atoms with E-state index in [2.05, 4.69) is 15.0 Å². The standard InChI is InChI=1S/C6H4ClN3O/c7-3-1-8-5-4(3)6(11)10-2-9-5/h1-2H,(H2,8,9,10,11). The molecule has 2 rings (SSSR count). The van der Waals surface area contributed by atoms with Gasteiger partial charge in [0.2, 0.25) is 0 Å². The predicted octanol–water partition coefficient (Wildman–Crippen LogP) is 0.905. The van der Waals surface area contributed by atoms with Gasteiger partial charge in [0.1, 0.15) is 11.0 Å². The van der Waals surface area contributed by atoms with Gasteiger partial charge in [0.15, 0.2) is 0 Å². The highest BCUT2D eigenvalue weighted by Gasteiger charge is 2.04. The van der Waals surface area contributed by atoms with E-state index < -0.39 is 0 Å². The number of fused-ring (bicyclic) bond motifs is 1. The second kappa shape index (κ2) is 2.10. The van der Waals surface area contributed by atoms with Crippen LogP contribution >= 0.6 is 11.6 Å². The zero-order chi connectivity index (χ0) is 7.84.